The molecule has 0 unspecified atom stereocenters. The Labute approximate surface area is 120 Å². The first kappa shape index (κ1) is 16.6. The number of hydrogen-bond donors (Lipinski definition) is 2. The summed E-state index contributed by atoms with van der Waals surface area (Å²) in [6.07, 6.45) is 0.348. The number of methoxy groups -OCH3 is 1. The van der Waals surface area contributed by atoms with Gasteiger partial charge in [0.15, 0.2) is 0 Å². The zero-order valence-corrected chi connectivity index (χ0v) is 12.3. The van der Waals surface area contributed by atoms with Crippen molar-refractivity contribution in [3.63, 3.8) is 0 Å². The molecule has 0 bridgehead atoms. The SMILES string of the molecule is CCNCc1cccc(NC(=O)CCOCCOC)c1. The van der Waals surface area contributed by atoms with Crippen molar-refractivity contribution in [1.29, 1.82) is 0 Å². The van der Waals surface area contributed by atoms with E-state index in [-0.39, 0.29) is 5.91 Å². The van der Waals surface area contributed by atoms with Gasteiger partial charge in [-0.1, -0.05) is 19.1 Å². The lowest BCUT2D eigenvalue weighted by molar-refractivity contribution is -0.117. The molecular weight excluding hydrogens is 256 g/mol. The normalized spacial score (nSPS) is 10.5. The second-order valence-electron chi connectivity index (χ2n) is 4.38. The Morgan fingerprint density at radius 3 is 2.85 bits per heavy atom. The lowest BCUT2D eigenvalue weighted by Gasteiger charge is -2.08. The Bertz CT molecular complexity index is 396. The van der Waals surface area contributed by atoms with Crippen LogP contribution in [0.3, 0.4) is 0 Å². The van der Waals surface area contributed by atoms with Gasteiger partial charge in [-0.3, -0.25) is 4.79 Å². The van der Waals surface area contributed by atoms with Gasteiger partial charge < -0.3 is 20.1 Å². The molecule has 0 atom stereocenters. The number of amides is 1. The average molecular weight is 280 g/mol. The molecule has 0 aliphatic carbocycles. The van der Waals surface area contributed by atoms with Crippen molar-refractivity contribution in [2.75, 3.05) is 38.8 Å². The van der Waals surface area contributed by atoms with Gasteiger partial charge in [-0.15, -0.1) is 0 Å². The number of carbonyl (C=O) groups is 1. The van der Waals surface area contributed by atoms with Crippen LogP contribution in [-0.4, -0.2) is 39.4 Å². The van der Waals surface area contributed by atoms with E-state index in [1.807, 2.05) is 24.3 Å². The van der Waals surface area contributed by atoms with E-state index in [0.717, 1.165) is 24.3 Å². The van der Waals surface area contributed by atoms with E-state index in [2.05, 4.69) is 17.6 Å². The van der Waals surface area contributed by atoms with Crippen LogP contribution >= 0.6 is 0 Å². The Kier molecular flexibility index (Phi) is 8.62. The van der Waals surface area contributed by atoms with E-state index in [0.29, 0.717) is 26.2 Å². The topological polar surface area (TPSA) is 59.6 Å². The van der Waals surface area contributed by atoms with Crippen molar-refractivity contribution in [2.45, 2.75) is 19.9 Å². The highest BCUT2D eigenvalue weighted by Gasteiger charge is 2.03. The second kappa shape index (κ2) is 10.4. The minimum Gasteiger partial charge on any atom is -0.382 e. The molecule has 5 nitrogen and oxygen atoms in total. The molecular formula is C15H24N2O3. The fourth-order valence-electron chi connectivity index (χ4n) is 1.66. The molecule has 0 fully saturated rings. The van der Waals surface area contributed by atoms with Crippen LogP contribution in [0.2, 0.25) is 0 Å². The van der Waals surface area contributed by atoms with Gasteiger partial charge in [0, 0.05) is 19.3 Å². The summed E-state index contributed by atoms with van der Waals surface area (Å²) >= 11 is 0. The van der Waals surface area contributed by atoms with E-state index < -0.39 is 0 Å². The van der Waals surface area contributed by atoms with E-state index in [1.165, 1.54) is 0 Å². The molecule has 0 aromatic heterocycles. The largest absolute Gasteiger partial charge is 0.382 e. The van der Waals surface area contributed by atoms with Gasteiger partial charge in [0.1, 0.15) is 0 Å². The standard InChI is InChI=1S/C15H24N2O3/c1-3-16-12-13-5-4-6-14(11-13)17-15(18)7-8-20-10-9-19-2/h4-6,11,16H,3,7-10,12H2,1-2H3,(H,17,18). The monoisotopic (exact) mass is 280 g/mol. The van der Waals surface area contributed by atoms with E-state index in [1.54, 1.807) is 7.11 Å². The van der Waals surface area contributed by atoms with Gasteiger partial charge in [0.25, 0.3) is 0 Å². The van der Waals surface area contributed by atoms with Crippen molar-refractivity contribution < 1.29 is 14.3 Å². The van der Waals surface area contributed by atoms with Crippen LogP contribution < -0.4 is 10.6 Å². The molecule has 2 N–H and O–H groups in total. The van der Waals surface area contributed by atoms with Crippen LogP contribution in [0.25, 0.3) is 0 Å². The van der Waals surface area contributed by atoms with Crippen LogP contribution in [0, 0.1) is 0 Å². The summed E-state index contributed by atoms with van der Waals surface area (Å²) in [5.74, 6) is -0.0389. The lowest BCUT2D eigenvalue weighted by atomic mass is 10.2. The number of benzene rings is 1. The third-order valence-electron chi connectivity index (χ3n) is 2.70. The van der Waals surface area contributed by atoms with Gasteiger partial charge in [-0.2, -0.15) is 0 Å². The molecule has 0 aliphatic heterocycles. The lowest BCUT2D eigenvalue weighted by Crippen LogP contribution is -2.16. The molecule has 1 amide bonds. The third kappa shape index (κ3) is 7.23. The number of carbonyl (C=O) groups excluding carboxylic acids is 1. The molecule has 5 heteroatoms. The predicted octanol–water partition coefficient (Wildman–Crippen LogP) is 1.79. The van der Waals surface area contributed by atoms with E-state index in [4.69, 9.17) is 9.47 Å². The summed E-state index contributed by atoms with van der Waals surface area (Å²) in [7, 11) is 1.62. The first-order valence-corrected chi connectivity index (χ1v) is 6.92. The fraction of sp³-hybridized carbons (Fsp3) is 0.533. The highest BCUT2D eigenvalue weighted by atomic mass is 16.5. The minimum atomic E-state index is -0.0389. The summed E-state index contributed by atoms with van der Waals surface area (Å²) < 4.78 is 10.1. The van der Waals surface area contributed by atoms with Gasteiger partial charge >= 0.3 is 0 Å². The summed E-state index contributed by atoms with van der Waals surface area (Å²) in [6.45, 7) is 5.27. The Morgan fingerprint density at radius 2 is 2.10 bits per heavy atom. The van der Waals surface area contributed by atoms with Crippen LogP contribution in [0.5, 0.6) is 0 Å². The maximum Gasteiger partial charge on any atom is 0.226 e. The number of nitrogens with one attached hydrogen (secondary N) is 2. The Hall–Kier alpha value is -1.43. The molecule has 1 aromatic rings. The highest BCUT2D eigenvalue weighted by Crippen LogP contribution is 2.10. The van der Waals surface area contributed by atoms with Crippen molar-refractivity contribution >= 4 is 11.6 Å². The highest BCUT2D eigenvalue weighted by molar-refractivity contribution is 5.90. The second-order valence-corrected chi connectivity index (χ2v) is 4.38. The molecule has 0 aliphatic rings. The molecule has 0 radical (unpaired) electrons. The molecule has 20 heavy (non-hydrogen) atoms. The smallest absolute Gasteiger partial charge is 0.226 e. The van der Waals surface area contributed by atoms with Gasteiger partial charge in [-0.25, -0.2) is 0 Å². The Balaban J connectivity index is 2.30. The van der Waals surface area contributed by atoms with Crippen LogP contribution in [-0.2, 0) is 20.8 Å². The predicted molar refractivity (Wildman–Crippen MR) is 79.8 cm³/mol. The zero-order chi connectivity index (χ0) is 14.6. The molecule has 0 spiro atoms. The van der Waals surface area contributed by atoms with Crippen molar-refractivity contribution in [1.82, 2.24) is 5.32 Å². The van der Waals surface area contributed by atoms with Crippen LogP contribution in [0.1, 0.15) is 18.9 Å². The van der Waals surface area contributed by atoms with Crippen LogP contribution in [0.4, 0.5) is 5.69 Å². The maximum atomic E-state index is 11.7. The third-order valence-corrected chi connectivity index (χ3v) is 2.70. The molecule has 1 rings (SSSR count). The zero-order valence-electron chi connectivity index (χ0n) is 12.3. The maximum absolute atomic E-state index is 11.7. The first-order chi connectivity index (χ1) is 9.76. The van der Waals surface area contributed by atoms with Gasteiger partial charge in [0.2, 0.25) is 5.91 Å². The molecule has 112 valence electrons. The quantitative estimate of drug-likeness (QED) is 0.642. The van der Waals surface area contributed by atoms with E-state index >= 15 is 0 Å². The summed E-state index contributed by atoms with van der Waals surface area (Å²) in [6, 6.07) is 7.84. The average Bonchev–Trinajstić information content (AvgIpc) is 2.45. The van der Waals surface area contributed by atoms with Crippen molar-refractivity contribution in [2.24, 2.45) is 0 Å². The molecule has 0 heterocycles. The molecule has 1 aromatic carbocycles. The fourth-order valence-corrected chi connectivity index (χ4v) is 1.66. The van der Waals surface area contributed by atoms with Crippen molar-refractivity contribution in [3.8, 4) is 0 Å². The van der Waals surface area contributed by atoms with Gasteiger partial charge in [-0.05, 0) is 24.2 Å². The summed E-state index contributed by atoms with van der Waals surface area (Å²) in [4.78, 5) is 11.7. The molecule has 0 saturated carbocycles. The number of rotatable bonds is 10. The van der Waals surface area contributed by atoms with E-state index in [9.17, 15) is 4.79 Å². The number of anilines is 1. The summed E-state index contributed by atoms with van der Waals surface area (Å²) in [5.41, 5.74) is 1.98. The molecule has 0 saturated heterocycles. The minimum absolute atomic E-state index is 0.0389. The van der Waals surface area contributed by atoms with Crippen molar-refractivity contribution in [3.05, 3.63) is 29.8 Å². The van der Waals surface area contributed by atoms with Crippen LogP contribution in [0.15, 0.2) is 24.3 Å². The summed E-state index contributed by atoms with van der Waals surface area (Å²) in [5, 5.41) is 6.13. The van der Waals surface area contributed by atoms with Gasteiger partial charge in [0.05, 0.1) is 26.2 Å². The number of ether oxygens (including phenoxy) is 2. The Morgan fingerprint density at radius 1 is 1.25 bits per heavy atom. The first-order valence-electron chi connectivity index (χ1n) is 6.92. The number of hydrogen-bond acceptors (Lipinski definition) is 4.